The van der Waals surface area contributed by atoms with Gasteiger partial charge in [-0.3, -0.25) is 0 Å². The molecule has 3 aliphatic rings. The van der Waals surface area contributed by atoms with E-state index in [-0.39, 0.29) is 0 Å². The minimum atomic E-state index is 0.704. The number of hydrogen-bond donors (Lipinski definition) is 1. The van der Waals surface area contributed by atoms with E-state index in [1.807, 2.05) is 0 Å². The molecule has 0 radical (unpaired) electrons. The Hall–Kier alpha value is -0.820. The SMILES string of the molecule is c1ccc2c(c1)CCC(NC1CCC13CCCCC3)C2. The quantitative estimate of drug-likeness (QED) is 0.846. The summed E-state index contributed by atoms with van der Waals surface area (Å²) in [5.41, 5.74) is 3.88. The molecule has 4 rings (SSSR count). The van der Waals surface area contributed by atoms with E-state index in [0.29, 0.717) is 5.41 Å². The third-order valence-electron chi connectivity index (χ3n) is 6.30. The molecule has 20 heavy (non-hydrogen) atoms. The van der Waals surface area contributed by atoms with Gasteiger partial charge in [-0.05, 0) is 61.5 Å². The van der Waals surface area contributed by atoms with Gasteiger partial charge in [-0.1, -0.05) is 43.5 Å². The van der Waals surface area contributed by atoms with Crippen LogP contribution in [-0.4, -0.2) is 12.1 Å². The Morgan fingerprint density at radius 3 is 2.45 bits per heavy atom. The fourth-order valence-corrected chi connectivity index (χ4v) is 4.94. The number of aryl methyl sites for hydroxylation is 1. The molecule has 1 heteroatoms. The lowest BCUT2D eigenvalue weighted by Gasteiger charge is -2.54. The third kappa shape index (κ3) is 2.20. The van der Waals surface area contributed by atoms with Crippen LogP contribution in [0.5, 0.6) is 0 Å². The first-order valence-corrected chi connectivity index (χ1v) is 8.69. The number of fused-ring (bicyclic) bond motifs is 1. The normalized spacial score (nSPS) is 31.6. The molecule has 1 aromatic carbocycles. The zero-order chi connectivity index (χ0) is 13.4. The van der Waals surface area contributed by atoms with Gasteiger partial charge in [-0.2, -0.15) is 0 Å². The van der Waals surface area contributed by atoms with Gasteiger partial charge in [0, 0.05) is 12.1 Å². The van der Waals surface area contributed by atoms with Crippen LogP contribution in [0, 0.1) is 5.41 Å². The van der Waals surface area contributed by atoms with Crippen molar-refractivity contribution < 1.29 is 0 Å². The zero-order valence-electron chi connectivity index (χ0n) is 12.5. The summed E-state index contributed by atoms with van der Waals surface area (Å²) in [6.07, 6.45) is 14.2. The second kappa shape index (κ2) is 5.18. The fourth-order valence-electron chi connectivity index (χ4n) is 4.94. The first-order chi connectivity index (χ1) is 9.86. The van der Waals surface area contributed by atoms with Crippen LogP contribution in [0.4, 0.5) is 0 Å². The van der Waals surface area contributed by atoms with Crippen LogP contribution in [-0.2, 0) is 12.8 Å². The monoisotopic (exact) mass is 269 g/mol. The topological polar surface area (TPSA) is 12.0 Å². The Labute approximate surface area is 123 Å². The van der Waals surface area contributed by atoms with Crippen molar-refractivity contribution >= 4 is 0 Å². The largest absolute Gasteiger partial charge is 0.310 e. The van der Waals surface area contributed by atoms with Crippen molar-refractivity contribution in [2.24, 2.45) is 5.41 Å². The summed E-state index contributed by atoms with van der Waals surface area (Å²) >= 11 is 0. The van der Waals surface area contributed by atoms with E-state index >= 15 is 0 Å². The molecule has 1 spiro atoms. The van der Waals surface area contributed by atoms with E-state index in [0.717, 1.165) is 12.1 Å². The van der Waals surface area contributed by atoms with Crippen molar-refractivity contribution in [2.45, 2.75) is 76.3 Å². The summed E-state index contributed by atoms with van der Waals surface area (Å²) in [5, 5.41) is 4.06. The Bertz CT molecular complexity index is 472. The Morgan fingerprint density at radius 2 is 1.70 bits per heavy atom. The fraction of sp³-hybridized carbons (Fsp3) is 0.684. The van der Waals surface area contributed by atoms with Crippen molar-refractivity contribution in [3.05, 3.63) is 35.4 Å². The van der Waals surface area contributed by atoms with Crippen molar-refractivity contribution in [1.29, 1.82) is 0 Å². The summed E-state index contributed by atoms with van der Waals surface area (Å²) < 4.78 is 0. The average Bonchev–Trinajstić information content (AvgIpc) is 2.52. The lowest BCUT2D eigenvalue weighted by atomic mass is 9.57. The standard InChI is InChI=1S/C19H27N/c1-4-11-19(12-5-1)13-10-18(19)20-17-9-8-15-6-2-3-7-16(15)14-17/h2-3,6-7,17-18,20H,1,4-5,8-14H2. The lowest BCUT2D eigenvalue weighted by Crippen LogP contribution is -2.57. The molecule has 0 saturated heterocycles. The van der Waals surface area contributed by atoms with Crippen molar-refractivity contribution in [2.75, 3.05) is 0 Å². The second-order valence-electron chi connectivity index (χ2n) is 7.39. The average molecular weight is 269 g/mol. The number of rotatable bonds is 2. The predicted molar refractivity (Wildman–Crippen MR) is 83.9 cm³/mol. The van der Waals surface area contributed by atoms with Gasteiger partial charge in [0.1, 0.15) is 0 Å². The highest BCUT2D eigenvalue weighted by molar-refractivity contribution is 5.30. The molecule has 0 bridgehead atoms. The maximum atomic E-state index is 4.06. The van der Waals surface area contributed by atoms with Gasteiger partial charge in [0.25, 0.3) is 0 Å². The second-order valence-corrected chi connectivity index (χ2v) is 7.39. The van der Waals surface area contributed by atoms with E-state index in [2.05, 4.69) is 29.6 Å². The van der Waals surface area contributed by atoms with Crippen molar-refractivity contribution in [1.82, 2.24) is 5.32 Å². The molecule has 1 aromatic rings. The van der Waals surface area contributed by atoms with Gasteiger partial charge < -0.3 is 5.32 Å². The van der Waals surface area contributed by atoms with Crippen LogP contribution < -0.4 is 5.32 Å². The zero-order valence-corrected chi connectivity index (χ0v) is 12.5. The molecule has 2 atom stereocenters. The molecule has 0 aromatic heterocycles. The molecule has 108 valence electrons. The summed E-state index contributed by atoms with van der Waals surface area (Å²) in [6.45, 7) is 0. The molecule has 2 saturated carbocycles. The van der Waals surface area contributed by atoms with E-state index in [9.17, 15) is 0 Å². The van der Waals surface area contributed by atoms with Gasteiger partial charge in [0.2, 0.25) is 0 Å². The Kier molecular flexibility index (Phi) is 3.34. The Balaban J connectivity index is 1.41. The molecule has 0 aliphatic heterocycles. The lowest BCUT2D eigenvalue weighted by molar-refractivity contribution is 0.0154. The van der Waals surface area contributed by atoms with Gasteiger partial charge in [0.05, 0.1) is 0 Å². The number of benzene rings is 1. The van der Waals surface area contributed by atoms with Crippen molar-refractivity contribution in [3.63, 3.8) is 0 Å². The highest BCUT2D eigenvalue weighted by Crippen LogP contribution is 2.52. The highest BCUT2D eigenvalue weighted by Gasteiger charge is 2.47. The molecule has 3 aliphatic carbocycles. The first kappa shape index (κ1) is 12.9. The number of hydrogen-bond acceptors (Lipinski definition) is 1. The van der Waals surface area contributed by atoms with Gasteiger partial charge in [-0.25, -0.2) is 0 Å². The van der Waals surface area contributed by atoms with Crippen molar-refractivity contribution in [3.8, 4) is 0 Å². The molecular formula is C19H27N. The molecular weight excluding hydrogens is 242 g/mol. The van der Waals surface area contributed by atoms with Gasteiger partial charge in [0.15, 0.2) is 0 Å². The minimum absolute atomic E-state index is 0.704. The van der Waals surface area contributed by atoms with Gasteiger partial charge >= 0.3 is 0 Å². The molecule has 1 nitrogen and oxygen atoms in total. The molecule has 2 fully saturated rings. The summed E-state index contributed by atoms with van der Waals surface area (Å²) in [6, 6.07) is 10.6. The van der Waals surface area contributed by atoms with E-state index in [1.165, 1.54) is 64.2 Å². The van der Waals surface area contributed by atoms with Crippen LogP contribution in [0.15, 0.2) is 24.3 Å². The van der Waals surface area contributed by atoms with Crippen LogP contribution >= 0.6 is 0 Å². The molecule has 1 N–H and O–H groups in total. The highest BCUT2D eigenvalue weighted by atomic mass is 15.0. The minimum Gasteiger partial charge on any atom is -0.310 e. The first-order valence-electron chi connectivity index (χ1n) is 8.69. The van der Waals surface area contributed by atoms with E-state index in [4.69, 9.17) is 0 Å². The predicted octanol–water partition coefficient (Wildman–Crippen LogP) is 4.25. The molecule has 0 amide bonds. The third-order valence-corrected chi connectivity index (χ3v) is 6.30. The van der Waals surface area contributed by atoms with Crippen LogP contribution in [0.1, 0.15) is 62.5 Å². The van der Waals surface area contributed by atoms with E-state index in [1.54, 1.807) is 11.1 Å². The number of nitrogens with one attached hydrogen (secondary N) is 1. The Morgan fingerprint density at radius 1 is 0.900 bits per heavy atom. The maximum Gasteiger partial charge on any atom is 0.0126 e. The smallest absolute Gasteiger partial charge is 0.0126 e. The molecule has 2 unspecified atom stereocenters. The summed E-state index contributed by atoms with van der Waals surface area (Å²) in [5.74, 6) is 0. The summed E-state index contributed by atoms with van der Waals surface area (Å²) in [4.78, 5) is 0. The molecule has 0 heterocycles. The summed E-state index contributed by atoms with van der Waals surface area (Å²) in [7, 11) is 0. The van der Waals surface area contributed by atoms with Gasteiger partial charge in [-0.15, -0.1) is 0 Å². The van der Waals surface area contributed by atoms with Crippen LogP contribution in [0.2, 0.25) is 0 Å². The maximum absolute atomic E-state index is 4.06. The van der Waals surface area contributed by atoms with Crippen LogP contribution in [0.25, 0.3) is 0 Å². The van der Waals surface area contributed by atoms with E-state index < -0.39 is 0 Å². The van der Waals surface area contributed by atoms with Crippen LogP contribution in [0.3, 0.4) is 0 Å².